The van der Waals surface area contributed by atoms with Gasteiger partial charge in [0.1, 0.15) is 5.82 Å². The lowest BCUT2D eigenvalue weighted by molar-refractivity contribution is -0.116. The van der Waals surface area contributed by atoms with Crippen LogP contribution in [-0.4, -0.2) is 28.7 Å². The summed E-state index contributed by atoms with van der Waals surface area (Å²) in [7, 11) is 0. The highest BCUT2D eigenvalue weighted by molar-refractivity contribution is 6.31. The summed E-state index contributed by atoms with van der Waals surface area (Å²) in [5, 5.41) is -0.0934. The number of rotatable bonds is 1. The number of likely N-dealkylation sites (tertiary alicyclic amines) is 1. The molecule has 0 saturated carbocycles. The van der Waals surface area contributed by atoms with Crippen molar-refractivity contribution in [1.29, 1.82) is 0 Å². The predicted molar refractivity (Wildman–Crippen MR) is 66.1 cm³/mol. The Morgan fingerprint density at radius 1 is 1.44 bits per heavy atom. The van der Waals surface area contributed by atoms with Crippen LogP contribution in [-0.2, 0) is 4.79 Å². The number of Topliss-reactive ketones (excluding diaryl/α,β-unsaturated/α-hetero) is 1. The van der Waals surface area contributed by atoms with Crippen molar-refractivity contribution < 1.29 is 14.0 Å². The maximum atomic E-state index is 13.0. The Morgan fingerprint density at radius 2 is 2.11 bits per heavy atom. The molecule has 0 radical (unpaired) electrons. The second-order valence-electron chi connectivity index (χ2n) is 5.05. The smallest absolute Gasteiger partial charge is 0.254 e. The van der Waals surface area contributed by atoms with Gasteiger partial charge in [-0.05, 0) is 32.0 Å². The van der Waals surface area contributed by atoms with Crippen LogP contribution in [0.4, 0.5) is 4.39 Å². The fourth-order valence-electron chi connectivity index (χ4n) is 2.16. The second kappa shape index (κ2) is 4.35. The van der Waals surface area contributed by atoms with Gasteiger partial charge < -0.3 is 4.90 Å². The lowest BCUT2D eigenvalue weighted by atomic mass is 10.0. The van der Waals surface area contributed by atoms with Crippen molar-refractivity contribution in [3.05, 3.63) is 34.6 Å². The quantitative estimate of drug-likeness (QED) is 0.786. The Labute approximate surface area is 110 Å². The summed E-state index contributed by atoms with van der Waals surface area (Å²) >= 11 is 5.65. The van der Waals surface area contributed by atoms with E-state index in [0.717, 1.165) is 6.07 Å². The summed E-state index contributed by atoms with van der Waals surface area (Å²) in [5.41, 5.74) is -0.209. The van der Waals surface area contributed by atoms with Crippen molar-refractivity contribution >= 4 is 23.3 Å². The van der Waals surface area contributed by atoms with Crippen molar-refractivity contribution in [3.8, 4) is 0 Å². The van der Waals surface area contributed by atoms with Crippen molar-refractivity contribution in [2.24, 2.45) is 0 Å². The highest BCUT2D eigenvalue weighted by Gasteiger charge is 2.40. The van der Waals surface area contributed by atoms with E-state index in [2.05, 4.69) is 0 Å². The van der Waals surface area contributed by atoms with Crippen molar-refractivity contribution in [3.63, 3.8) is 0 Å². The van der Waals surface area contributed by atoms with E-state index >= 15 is 0 Å². The molecule has 18 heavy (non-hydrogen) atoms. The van der Waals surface area contributed by atoms with Gasteiger partial charge in [-0.15, -0.1) is 0 Å². The van der Waals surface area contributed by atoms with Crippen LogP contribution < -0.4 is 0 Å². The number of hydrogen-bond acceptors (Lipinski definition) is 2. The standard InChI is InChI=1S/C13H13ClFNO2/c1-13(2)6-9(17)7-16(13)12(18)8-3-4-11(15)10(14)5-8/h3-5H,6-7H2,1-2H3. The normalized spacial score (nSPS) is 18.2. The fourth-order valence-corrected chi connectivity index (χ4v) is 2.34. The average molecular weight is 270 g/mol. The van der Waals surface area contributed by atoms with Crippen LogP contribution in [0.5, 0.6) is 0 Å². The number of carbonyl (C=O) groups is 2. The molecule has 0 unspecified atom stereocenters. The zero-order chi connectivity index (χ0) is 13.5. The Morgan fingerprint density at radius 3 is 2.61 bits per heavy atom. The van der Waals surface area contributed by atoms with Crippen LogP contribution in [0.25, 0.3) is 0 Å². The van der Waals surface area contributed by atoms with E-state index in [1.165, 1.54) is 17.0 Å². The lowest BCUT2D eigenvalue weighted by Crippen LogP contribution is -2.42. The number of hydrogen-bond donors (Lipinski definition) is 0. The van der Waals surface area contributed by atoms with Gasteiger partial charge in [-0.25, -0.2) is 4.39 Å². The molecule has 0 atom stereocenters. The molecular formula is C13H13ClFNO2. The van der Waals surface area contributed by atoms with Gasteiger partial charge in [0.2, 0.25) is 0 Å². The van der Waals surface area contributed by atoms with Gasteiger partial charge in [-0.2, -0.15) is 0 Å². The topological polar surface area (TPSA) is 37.4 Å². The molecule has 1 heterocycles. The molecule has 96 valence electrons. The van der Waals surface area contributed by atoms with Crippen LogP contribution in [0.3, 0.4) is 0 Å². The third-order valence-electron chi connectivity index (χ3n) is 3.11. The molecule has 1 aromatic rings. The lowest BCUT2D eigenvalue weighted by Gasteiger charge is -2.30. The Bertz CT molecular complexity index is 528. The Kier molecular flexibility index (Phi) is 3.15. The Balaban J connectivity index is 2.31. The van der Waals surface area contributed by atoms with Crippen LogP contribution in [0.2, 0.25) is 5.02 Å². The number of benzene rings is 1. The largest absolute Gasteiger partial charge is 0.326 e. The summed E-state index contributed by atoms with van der Waals surface area (Å²) in [6.07, 6.45) is 0.341. The molecule has 0 aliphatic carbocycles. The van der Waals surface area contributed by atoms with Gasteiger partial charge in [0.05, 0.1) is 11.6 Å². The van der Waals surface area contributed by atoms with E-state index in [1.807, 2.05) is 13.8 Å². The number of amides is 1. The number of halogens is 2. The van der Waals surface area contributed by atoms with Gasteiger partial charge in [-0.3, -0.25) is 9.59 Å². The minimum absolute atomic E-state index is 0.0292. The molecule has 1 amide bonds. The Hall–Kier alpha value is -1.42. The predicted octanol–water partition coefficient (Wildman–Crippen LogP) is 2.67. The zero-order valence-corrected chi connectivity index (χ0v) is 10.9. The van der Waals surface area contributed by atoms with Crippen LogP contribution in [0.15, 0.2) is 18.2 Å². The van der Waals surface area contributed by atoms with E-state index in [9.17, 15) is 14.0 Å². The van der Waals surface area contributed by atoms with Crippen LogP contribution >= 0.6 is 11.6 Å². The maximum Gasteiger partial charge on any atom is 0.254 e. The minimum atomic E-state index is -0.565. The van der Waals surface area contributed by atoms with E-state index in [4.69, 9.17) is 11.6 Å². The zero-order valence-electron chi connectivity index (χ0n) is 10.2. The fraction of sp³-hybridized carbons (Fsp3) is 0.385. The molecule has 0 N–H and O–H groups in total. The molecule has 0 aromatic heterocycles. The second-order valence-corrected chi connectivity index (χ2v) is 5.46. The molecule has 1 aromatic carbocycles. The molecule has 1 aliphatic rings. The highest BCUT2D eigenvalue weighted by atomic mass is 35.5. The summed E-state index contributed by atoms with van der Waals surface area (Å²) in [4.78, 5) is 25.2. The molecule has 1 fully saturated rings. The first kappa shape index (κ1) is 13.0. The summed E-state index contributed by atoms with van der Waals surface area (Å²) < 4.78 is 13.0. The first-order valence-electron chi connectivity index (χ1n) is 5.60. The first-order chi connectivity index (χ1) is 8.31. The van der Waals surface area contributed by atoms with Gasteiger partial charge in [0.15, 0.2) is 5.78 Å². The molecule has 5 heteroatoms. The third-order valence-corrected chi connectivity index (χ3v) is 3.40. The van der Waals surface area contributed by atoms with Crippen molar-refractivity contribution in [2.75, 3.05) is 6.54 Å². The monoisotopic (exact) mass is 269 g/mol. The van der Waals surface area contributed by atoms with Crippen LogP contribution in [0, 0.1) is 5.82 Å². The van der Waals surface area contributed by atoms with Crippen LogP contribution in [0.1, 0.15) is 30.6 Å². The molecule has 3 nitrogen and oxygen atoms in total. The highest BCUT2D eigenvalue weighted by Crippen LogP contribution is 2.28. The van der Waals surface area contributed by atoms with Gasteiger partial charge >= 0.3 is 0 Å². The summed E-state index contributed by atoms with van der Waals surface area (Å²) in [6, 6.07) is 3.82. The number of carbonyl (C=O) groups excluding carboxylic acids is 2. The van der Waals surface area contributed by atoms with Crippen molar-refractivity contribution in [1.82, 2.24) is 4.90 Å². The summed E-state index contributed by atoms with van der Waals surface area (Å²) in [5.74, 6) is -0.834. The minimum Gasteiger partial charge on any atom is -0.326 e. The molecular weight excluding hydrogens is 257 g/mol. The maximum absolute atomic E-state index is 13.0. The van der Waals surface area contributed by atoms with Gasteiger partial charge in [0.25, 0.3) is 5.91 Å². The third kappa shape index (κ3) is 2.25. The van der Waals surface area contributed by atoms with E-state index in [-0.39, 0.29) is 23.3 Å². The first-order valence-corrected chi connectivity index (χ1v) is 5.98. The molecule has 1 saturated heterocycles. The van der Waals surface area contributed by atoms with Gasteiger partial charge in [0, 0.05) is 17.5 Å². The number of ketones is 1. The summed E-state index contributed by atoms with van der Waals surface area (Å²) in [6.45, 7) is 3.77. The van der Waals surface area contributed by atoms with Gasteiger partial charge in [-0.1, -0.05) is 11.6 Å². The molecule has 0 spiro atoms. The number of nitrogens with zero attached hydrogens (tertiary/aromatic N) is 1. The van der Waals surface area contributed by atoms with E-state index in [1.54, 1.807) is 0 Å². The van der Waals surface area contributed by atoms with E-state index < -0.39 is 11.4 Å². The molecule has 2 rings (SSSR count). The van der Waals surface area contributed by atoms with Crippen molar-refractivity contribution in [2.45, 2.75) is 25.8 Å². The molecule has 1 aliphatic heterocycles. The SMILES string of the molecule is CC1(C)CC(=O)CN1C(=O)c1ccc(F)c(Cl)c1. The molecule has 0 bridgehead atoms. The van der Waals surface area contributed by atoms with E-state index in [0.29, 0.717) is 12.0 Å². The average Bonchev–Trinajstić information content (AvgIpc) is 2.55.